The zero-order chi connectivity index (χ0) is 11.2. The summed E-state index contributed by atoms with van der Waals surface area (Å²) >= 11 is 1.86. The first-order valence-electron chi connectivity index (χ1n) is 6.26. The van der Waals surface area contributed by atoms with Crippen molar-refractivity contribution in [3.8, 4) is 0 Å². The summed E-state index contributed by atoms with van der Waals surface area (Å²) in [7, 11) is 2.23. The maximum absolute atomic E-state index is 3.59. The second-order valence-corrected chi connectivity index (χ2v) is 5.84. The first-order valence-corrected chi connectivity index (χ1v) is 7.14. The van der Waals surface area contributed by atoms with Crippen LogP contribution in [0, 0.1) is 5.92 Å². The van der Waals surface area contributed by atoms with Gasteiger partial charge in [0.05, 0.1) is 0 Å². The molecule has 1 aromatic heterocycles. The summed E-state index contributed by atoms with van der Waals surface area (Å²) in [5.41, 5.74) is 0. The van der Waals surface area contributed by atoms with Crippen LogP contribution in [0.25, 0.3) is 0 Å². The van der Waals surface area contributed by atoms with Gasteiger partial charge in [-0.3, -0.25) is 0 Å². The van der Waals surface area contributed by atoms with Crippen LogP contribution in [0.4, 0.5) is 0 Å². The Bertz CT molecular complexity index is 284. The molecule has 0 aliphatic carbocycles. The van der Waals surface area contributed by atoms with Gasteiger partial charge in [-0.05, 0) is 63.3 Å². The van der Waals surface area contributed by atoms with Crippen molar-refractivity contribution in [2.24, 2.45) is 5.92 Å². The van der Waals surface area contributed by atoms with E-state index in [1.54, 1.807) is 0 Å². The molecule has 2 heterocycles. The van der Waals surface area contributed by atoms with Crippen LogP contribution >= 0.6 is 11.3 Å². The zero-order valence-corrected chi connectivity index (χ0v) is 10.9. The van der Waals surface area contributed by atoms with Crippen LogP contribution in [0.15, 0.2) is 17.5 Å². The predicted octanol–water partition coefficient (Wildman–Crippen LogP) is 2.22. The van der Waals surface area contributed by atoms with Gasteiger partial charge in [-0.25, -0.2) is 0 Å². The highest BCUT2D eigenvalue weighted by Crippen LogP contribution is 2.14. The van der Waals surface area contributed by atoms with E-state index in [1.807, 2.05) is 11.3 Å². The number of hydrogen-bond acceptors (Lipinski definition) is 3. The lowest BCUT2D eigenvalue weighted by atomic mass is 9.98. The van der Waals surface area contributed by atoms with E-state index in [4.69, 9.17) is 0 Å². The standard InChI is InChI=1S/C13H22N2S/c1-15-8-2-4-12(11-15)10-14-7-6-13-5-3-9-16-13/h3,5,9,12,14H,2,4,6-8,10-11H2,1H3. The van der Waals surface area contributed by atoms with Gasteiger partial charge in [-0.2, -0.15) is 0 Å². The van der Waals surface area contributed by atoms with Gasteiger partial charge in [-0.15, -0.1) is 11.3 Å². The molecule has 1 aliphatic heterocycles. The number of hydrogen-bond donors (Lipinski definition) is 1. The van der Waals surface area contributed by atoms with E-state index in [9.17, 15) is 0 Å². The first-order chi connectivity index (χ1) is 7.84. The van der Waals surface area contributed by atoms with Crippen LogP contribution in [0.5, 0.6) is 0 Å². The number of piperidine rings is 1. The van der Waals surface area contributed by atoms with Gasteiger partial charge in [0.2, 0.25) is 0 Å². The van der Waals surface area contributed by atoms with Crippen LogP contribution < -0.4 is 5.32 Å². The fourth-order valence-corrected chi connectivity index (χ4v) is 3.12. The maximum Gasteiger partial charge on any atom is 0.00578 e. The Labute approximate surface area is 103 Å². The second kappa shape index (κ2) is 6.38. The first kappa shape index (κ1) is 12.1. The van der Waals surface area contributed by atoms with Gasteiger partial charge in [0.1, 0.15) is 0 Å². The molecule has 0 aromatic carbocycles. The van der Waals surface area contributed by atoms with Crippen molar-refractivity contribution in [3.05, 3.63) is 22.4 Å². The van der Waals surface area contributed by atoms with E-state index in [0.717, 1.165) is 12.5 Å². The molecule has 16 heavy (non-hydrogen) atoms. The normalized spacial score (nSPS) is 22.4. The molecule has 0 radical (unpaired) electrons. The van der Waals surface area contributed by atoms with E-state index < -0.39 is 0 Å². The molecule has 0 bridgehead atoms. The number of thiophene rings is 1. The Morgan fingerprint density at radius 3 is 3.25 bits per heavy atom. The van der Waals surface area contributed by atoms with Gasteiger partial charge in [0.15, 0.2) is 0 Å². The summed E-state index contributed by atoms with van der Waals surface area (Å²) in [5.74, 6) is 0.863. The van der Waals surface area contributed by atoms with Gasteiger partial charge < -0.3 is 10.2 Å². The lowest BCUT2D eigenvalue weighted by molar-refractivity contribution is 0.206. The largest absolute Gasteiger partial charge is 0.316 e. The molecule has 1 N–H and O–H groups in total. The topological polar surface area (TPSA) is 15.3 Å². The van der Waals surface area contributed by atoms with E-state index >= 15 is 0 Å². The summed E-state index contributed by atoms with van der Waals surface area (Å²) < 4.78 is 0. The summed E-state index contributed by atoms with van der Waals surface area (Å²) in [6, 6.07) is 4.36. The number of nitrogens with one attached hydrogen (secondary N) is 1. The summed E-state index contributed by atoms with van der Waals surface area (Å²) in [4.78, 5) is 3.95. The molecule has 1 fully saturated rings. The Hall–Kier alpha value is -0.380. The monoisotopic (exact) mass is 238 g/mol. The molecule has 1 atom stereocenters. The van der Waals surface area contributed by atoms with Crippen LogP contribution in [-0.2, 0) is 6.42 Å². The second-order valence-electron chi connectivity index (χ2n) is 4.80. The summed E-state index contributed by atoms with van der Waals surface area (Å²) in [6.07, 6.45) is 3.95. The van der Waals surface area contributed by atoms with Crippen molar-refractivity contribution in [1.82, 2.24) is 10.2 Å². The molecule has 3 heteroatoms. The lowest BCUT2D eigenvalue weighted by Crippen LogP contribution is -2.37. The highest BCUT2D eigenvalue weighted by atomic mass is 32.1. The third-order valence-corrected chi connectivity index (χ3v) is 4.22. The van der Waals surface area contributed by atoms with Crippen LogP contribution in [0.2, 0.25) is 0 Å². The Morgan fingerprint density at radius 2 is 2.50 bits per heavy atom. The average Bonchev–Trinajstić information content (AvgIpc) is 2.77. The van der Waals surface area contributed by atoms with Crippen LogP contribution in [0.3, 0.4) is 0 Å². The van der Waals surface area contributed by atoms with E-state index in [2.05, 4.69) is 34.8 Å². The van der Waals surface area contributed by atoms with Gasteiger partial charge in [0.25, 0.3) is 0 Å². The van der Waals surface area contributed by atoms with Crippen LogP contribution in [-0.4, -0.2) is 38.1 Å². The minimum absolute atomic E-state index is 0.863. The lowest BCUT2D eigenvalue weighted by Gasteiger charge is -2.29. The van der Waals surface area contributed by atoms with E-state index in [-0.39, 0.29) is 0 Å². The number of nitrogens with zero attached hydrogens (tertiary/aromatic N) is 1. The Morgan fingerprint density at radius 1 is 1.56 bits per heavy atom. The number of rotatable bonds is 5. The smallest absolute Gasteiger partial charge is 0.00578 e. The van der Waals surface area contributed by atoms with Crippen molar-refractivity contribution in [1.29, 1.82) is 0 Å². The van der Waals surface area contributed by atoms with Crippen molar-refractivity contribution in [3.63, 3.8) is 0 Å². The summed E-state index contributed by atoms with van der Waals surface area (Å²) in [5, 5.41) is 5.75. The van der Waals surface area contributed by atoms with Crippen molar-refractivity contribution in [2.75, 3.05) is 33.2 Å². The minimum Gasteiger partial charge on any atom is -0.316 e. The highest BCUT2D eigenvalue weighted by molar-refractivity contribution is 7.09. The van der Waals surface area contributed by atoms with Crippen LogP contribution in [0.1, 0.15) is 17.7 Å². The van der Waals surface area contributed by atoms with Crippen molar-refractivity contribution < 1.29 is 0 Å². The third kappa shape index (κ3) is 3.89. The molecule has 1 saturated heterocycles. The SMILES string of the molecule is CN1CCCC(CNCCc2cccs2)C1. The fraction of sp³-hybridized carbons (Fsp3) is 0.692. The molecule has 1 aromatic rings. The molecule has 0 amide bonds. The average molecular weight is 238 g/mol. The van der Waals surface area contributed by atoms with Gasteiger partial charge in [0, 0.05) is 11.4 Å². The van der Waals surface area contributed by atoms with Crippen molar-refractivity contribution >= 4 is 11.3 Å². The van der Waals surface area contributed by atoms with Gasteiger partial charge >= 0.3 is 0 Å². The maximum atomic E-state index is 3.59. The third-order valence-electron chi connectivity index (χ3n) is 3.28. The molecule has 2 nitrogen and oxygen atoms in total. The molecule has 0 saturated carbocycles. The Kier molecular flexibility index (Phi) is 4.82. The molecule has 2 rings (SSSR count). The molecular weight excluding hydrogens is 216 g/mol. The Balaban J connectivity index is 1.57. The van der Waals surface area contributed by atoms with Gasteiger partial charge in [-0.1, -0.05) is 6.07 Å². The minimum atomic E-state index is 0.863. The predicted molar refractivity (Wildman–Crippen MR) is 71.1 cm³/mol. The summed E-state index contributed by atoms with van der Waals surface area (Å²) in [6.45, 7) is 4.87. The van der Waals surface area contributed by atoms with E-state index in [1.165, 1.54) is 43.8 Å². The molecule has 90 valence electrons. The molecular formula is C13H22N2S. The molecule has 1 aliphatic rings. The highest BCUT2D eigenvalue weighted by Gasteiger charge is 2.16. The molecule has 0 spiro atoms. The molecule has 1 unspecified atom stereocenters. The fourth-order valence-electron chi connectivity index (χ4n) is 2.41. The quantitative estimate of drug-likeness (QED) is 0.791. The van der Waals surface area contributed by atoms with Crippen molar-refractivity contribution in [2.45, 2.75) is 19.3 Å². The van der Waals surface area contributed by atoms with E-state index in [0.29, 0.717) is 0 Å². The number of likely N-dealkylation sites (tertiary alicyclic amines) is 1. The zero-order valence-electron chi connectivity index (χ0n) is 10.1.